The highest BCUT2D eigenvalue weighted by Gasteiger charge is 2.21. The van der Waals surface area contributed by atoms with E-state index in [2.05, 4.69) is 5.10 Å². The average Bonchev–Trinajstić information content (AvgIpc) is 2.76. The normalized spacial score (nSPS) is 10.6. The van der Waals surface area contributed by atoms with E-state index in [0.717, 1.165) is 0 Å². The summed E-state index contributed by atoms with van der Waals surface area (Å²) in [6, 6.07) is 6.60. The Labute approximate surface area is 125 Å². The fraction of sp³-hybridized carbons (Fsp3) is 0.214. The van der Waals surface area contributed by atoms with Crippen molar-refractivity contribution < 1.29 is 19.8 Å². The summed E-state index contributed by atoms with van der Waals surface area (Å²) in [5, 5.41) is 22.1. The molecule has 0 aliphatic heterocycles. The third-order valence-electron chi connectivity index (χ3n) is 2.99. The molecule has 2 N–H and O–H groups in total. The Morgan fingerprint density at radius 1 is 1.24 bits per heavy atom. The minimum Gasteiger partial charge on any atom is -0.481 e. The molecule has 6 nitrogen and oxygen atoms in total. The number of nitrogens with zero attached hydrogens (tertiary/aromatic N) is 2. The Kier molecular flexibility index (Phi) is 4.28. The van der Waals surface area contributed by atoms with Crippen LogP contribution in [0.1, 0.15) is 28.5 Å². The van der Waals surface area contributed by atoms with Crippen LogP contribution in [0.4, 0.5) is 0 Å². The van der Waals surface area contributed by atoms with Gasteiger partial charge in [0.15, 0.2) is 0 Å². The first kappa shape index (κ1) is 15.1. The van der Waals surface area contributed by atoms with Gasteiger partial charge >= 0.3 is 11.9 Å². The van der Waals surface area contributed by atoms with Crippen LogP contribution in [-0.4, -0.2) is 31.9 Å². The number of aromatic nitrogens is 2. The van der Waals surface area contributed by atoms with E-state index in [1.165, 1.54) is 4.68 Å². The Hall–Kier alpha value is -2.34. The third-order valence-corrected chi connectivity index (χ3v) is 3.34. The molecule has 110 valence electrons. The van der Waals surface area contributed by atoms with Crippen LogP contribution < -0.4 is 0 Å². The van der Waals surface area contributed by atoms with Crippen LogP contribution in [0.5, 0.6) is 0 Å². The SMILES string of the molecule is CCc1nn(-c2ccc(CC(=O)O)cc2)c(Cl)c1C(=O)O. The van der Waals surface area contributed by atoms with E-state index in [0.29, 0.717) is 23.4 Å². The third kappa shape index (κ3) is 3.05. The van der Waals surface area contributed by atoms with Crippen LogP contribution in [0, 0.1) is 0 Å². The fourth-order valence-electron chi connectivity index (χ4n) is 2.00. The number of benzene rings is 1. The second kappa shape index (κ2) is 5.97. The maximum absolute atomic E-state index is 11.2. The molecule has 1 aromatic carbocycles. The van der Waals surface area contributed by atoms with Gasteiger partial charge in [-0.15, -0.1) is 0 Å². The number of hydrogen-bond acceptors (Lipinski definition) is 3. The van der Waals surface area contributed by atoms with Crippen molar-refractivity contribution >= 4 is 23.5 Å². The second-order valence-electron chi connectivity index (χ2n) is 4.42. The zero-order valence-electron chi connectivity index (χ0n) is 11.2. The molecule has 0 fully saturated rings. The summed E-state index contributed by atoms with van der Waals surface area (Å²) in [7, 11) is 0. The van der Waals surface area contributed by atoms with Gasteiger partial charge in [-0.3, -0.25) is 4.79 Å². The summed E-state index contributed by atoms with van der Waals surface area (Å²) in [6.07, 6.45) is 0.374. The summed E-state index contributed by atoms with van der Waals surface area (Å²) < 4.78 is 1.34. The Balaban J connectivity index is 2.42. The van der Waals surface area contributed by atoms with Gasteiger partial charge in [0.25, 0.3) is 0 Å². The first-order chi connectivity index (χ1) is 9.93. The standard InChI is InChI=1S/C14H13ClN2O4/c1-2-10-12(14(20)21)13(15)17(16-10)9-5-3-8(4-6-9)7-11(18)19/h3-6H,2,7H2,1H3,(H,18,19)(H,20,21). The van der Waals surface area contributed by atoms with Gasteiger partial charge in [-0.25, -0.2) is 9.48 Å². The highest BCUT2D eigenvalue weighted by atomic mass is 35.5. The molecular formula is C14H13ClN2O4. The number of carbonyl (C=O) groups is 2. The number of aliphatic carboxylic acids is 1. The van der Waals surface area contributed by atoms with E-state index < -0.39 is 11.9 Å². The number of aromatic carboxylic acids is 1. The Morgan fingerprint density at radius 3 is 2.29 bits per heavy atom. The molecule has 2 rings (SSSR count). The van der Waals surface area contributed by atoms with Crippen molar-refractivity contribution in [2.75, 3.05) is 0 Å². The molecule has 0 unspecified atom stereocenters. The molecule has 0 spiro atoms. The summed E-state index contributed by atoms with van der Waals surface area (Å²) >= 11 is 6.09. The van der Waals surface area contributed by atoms with Crippen LogP contribution in [0.15, 0.2) is 24.3 Å². The van der Waals surface area contributed by atoms with Crippen LogP contribution in [0.25, 0.3) is 5.69 Å². The molecule has 2 aromatic rings. The molecular weight excluding hydrogens is 296 g/mol. The van der Waals surface area contributed by atoms with E-state index in [9.17, 15) is 14.7 Å². The number of rotatable bonds is 5. The van der Waals surface area contributed by atoms with E-state index in [4.69, 9.17) is 16.7 Å². The topological polar surface area (TPSA) is 92.4 Å². The van der Waals surface area contributed by atoms with Gasteiger partial charge < -0.3 is 10.2 Å². The maximum Gasteiger partial charge on any atom is 0.340 e. The predicted molar refractivity (Wildman–Crippen MR) is 76.3 cm³/mol. The van der Waals surface area contributed by atoms with E-state index in [1.807, 2.05) is 0 Å². The van der Waals surface area contributed by atoms with Gasteiger partial charge in [-0.05, 0) is 24.1 Å². The van der Waals surface area contributed by atoms with Crippen LogP contribution >= 0.6 is 11.6 Å². The zero-order valence-corrected chi connectivity index (χ0v) is 12.0. The molecule has 0 saturated heterocycles. The summed E-state index contributed by atoms with van der Waals surface area (Å²) in [5.74, 6) is -2.04. The van der Waals surface area contributed by atoms with Crippen molar-refractivity contribution in [2.45, 2.75) is 19.8 Å². The molecule has 21 heavy (non-hydrogen) atoms. The van der Waals surface area contributed by atoms with Gasteiger partial charge in [0, 0.05) is 0 Å². The number of hydrogen-bond donors (Lipinski definition) is 2. The van der Waals surface area contributed by atoms with Crippen LogP contribution in [0.2, 0.25) is 5.15 Å². The molecule has 0 saturated carbocycles. The largest absolute Gasteiger partial charge is 0.481 e. The van der Waals surface area contributed by atoms with Crippen molar-refractivity contribution in [3.8, 4) is 5.69 Å². The van der Waals surface area contributed by atoms with Gasteiger partial charge in [0.2, 0.25) is 0 Å². The first-order valence-corrected chi connectivity index (χ1v) is 6.63. The molecule has 0 atom stereocenters. The van der Waals surface area contributed by atoms with Gasteiger partial charge in [-0.2, -0.15) is 5.10 Å². The molecule has 1 aromatic heterocycles. The highest BCUT2D eigenvalue weighted by Crippen LogP contribution is 2.24. The summed E-state index contributed by atoms with van der Waals surface area (Å²) in [4.78, 5) is 21.9. The van der Waals surface area contributed by atoms with Gasteiger partial charge in [-0.1, -0.05) is 30.7 Å². The fourth-order valence-corrected chi connectivity index (χ4v) is 2.32. The molecule has 0 radical (unpaired) electrons. The minimum atomic E-state index is -1.12. The van der Waals surface area contributed by atoms with Crippen molar-refractivity contribution in [1.29, 1.82) is 0 Å². The van der Waals surface area contributed by atoms with E-state index in [1.54, 1.807) is 31.2 Å². The average molecular weight is 309 g/mol. The molecule has 1 heterocycles. The highest BCUT2D eigenvalue weighted by molar-refractivity contribution is 6.32. The minimum absolute atomic E-state index is 0.00576. The predicted octanol–water partition coefficient (Wildman–Crippen LogP) is 2.41. The molecule has 7 heteroatoms. The lowest BCUT2D eigenvalue weighted by molar-refractivity contribution is -0.136. The van der Waals surface area contributed by atoms with Crippen LogP contribution in [-0.2, 0) is 17.6 Å². The zero-order chi connectivity index (χ0) is 15.6. The monoisotopic (exact) mass is 308 g/mol. The second-order valence-corrected chi connectivity index (χ2v) is 4.78. The summed E-state index contributed by atoms with van der Waals surface area (Å²) in [5.41, 5.74) is 1.62. The number of halogens is 1. The van der Waals surface area contributed by atoms with E-state index in [-0.39, 0.29) is 17.1 Å². The molecule has 0 bridgehead atoms. The first-order valence-electron chi connectivity index (χ1n) is 6.25. The maximum atomic E-state index is 11.2. The Bertz CT molecular complexity index is 692. The lowest BCUT2D eigenvalue weighted by Crippen LogP contribution is -2.02. The lowest BCUT2D eigenvalue weighted by Gasteiger charge is -2.04. The quantitative estimate of drug-likeness (QED) is 0.885. The number of carboxylic acids is 2. The van der Waals surface area contributed by atoms with Crippen molar-refractivity contribution in [3.63, 3.8) is 0 Å². The number of aryl methyl sites for hydroxylation is 1. The van der Waals surface area contributed by atoms with E-state index >= 15 is 0 Å². The molecule has 0 aliphatic rings. The Morgan fingerprint density at radius 2 is 1.86 bits per heavy atom. The van der Waals surface area contributed by atoms with Crippen molar-refractivity contribution in [1.82, 2.24) is 9.78 Å². The van der Waals surface area contributed by atoms with Gasteiger partial charge in [0.05, 0.1) is 17.8 Å². The van der Waals surface area contributed by atoms with Gasteiger partial charge in [0.1, 0.15) is 10.7 Å². The molecule has 0 aliphatic carbocycles. The van der Waals surface area contributed by atoms with Crippen molar-refractivity contribution in [2.24, 2.45) is 0 Å². The van der Waals surface area contributed by atoms with Crippen LogP contribution in [0.3, 0.4) is 0 Å². The summed E-state index contributed by atoms with van der Waals surface area (Å²) in [6.45, 7) is 1.80. The number of carboxylic acid groups (broad SMARTS) is 2. The smallest absolute Gasteiger partial charge is 0.340 e. The molecule has 0 amide bonds. The lowest BCUT2D eigenvalue weighted by atomic mass is 10.1. The van der Waals surface area contributed by atoms with Crippen molar-refractivity contribution in [3.05, 3.63) is 46.2 Å².